The molecule has 2 saturated carbocycles. The number of carbonyl (C=O) groups is 1. The number of fused-ring (bicyclic) bond motifs is 1. The lowest BCUT2D eigenvalue weighted by Gasteiger charge is -2.40. The van der Waals surface area contributed by atoms with E-state index < -0.39 is 0 Å². The normalized spacial score (nSPS) is 29.8. The summed E-state index contributed by atoms with van der Waals surface area (Å²) in [6.07, 6.45) is 9.11. The zero-order valence-corrected chi connectivity index (χ0v) is 13.6. The quantitative estimate of drug-likeness (QED) is 0.543. The van der Waals surface area contributed by atoms with Crippen LogP contribution in [0, 0.1) is 17.8 Å². The third-order valence-electron chi connectivity index (χ3n) is 5.10. The van der Waals surface area contributed by atoms with E-state index in [4.69, 9.17) is 4.74 Å². The zero-order valence-electron chi connectivity index (χ0n) is 13.6. The molecule has 3 atom stereocenters. The Morgan fingerprint density at radius 1 is 1.00 bits per heavy atom. The second-order valence-corrected chi connectivity index (χ2v) is 7.15. The van der Waals surface area contributed by atoms with E-state index in [9.17, 15) is 4.79 Å². The number of esters is 1. The van der Waals surface area contributed by atoms with E-state index in [2.05, 4.69) is 13.8 Å². The van der Waals surface area contributed by atoms with Crippen molar-refractivity contribution in [3.05, 3.63) is 11.1 Å². The van der Waals surface area contributed by atoms with Crippen molar-refractivity contribution in [1.82, 2.24) is 0 Å². The minimum absolute atomic E-state index is 0.0591. The van der Waals surface area contributed by atoms with Crippen molar-refractivity contribution in [1.29, 1.82) is 0 Å². The van der Waals surface area contributed by atoms with Gasteiger partial charge < -0.3 is 4.74 Å². The van der Waals surface area contributed by atoms with Gasteiger partial charge in [-0.2, -0.15) is 0 Å². The molecule has 2 fully saturated rings. The highest BCUT2D eigenvalue weighted by molar-refractivity contribution is 5.89. The first-order valence-corrected chi connectivity index (χ1v) is 8.39. The van der Waals surface area contributed by atoms with E-state index in [1.807, 2.05) is 13.8 Å². The largest absolute Gasteiger partial charge is 0.459 e. The Hall–Kier alpha value is -0.790. The fourth-order valence-electron chi connectivity index (χ4n) is 4.24. The summed E-state index contributed by atoms with van der Waals surface area (Å²) in [4.78, 5) is 12.5. The Labute approximate surface area is 124 Å². The van der Waals surface area contributed by atoms with Gasteiger partial charge in [0, 0.05) is 5.57 Å². The highest BCUT2D eigenvalue weighted by Crippen LogP contribution is 2.42. The molecule has 0 aliphatic heterocycles. The SMILES string of the molecule is CC(C)=C(C(=O)OC1CCCC2CCCCC21)C(C)C. The molecule has 2 aliphatic carbocycles. The van der Waals surface area contributed by atoms with Gasteiger partial charge in [0.25, 0.3) is 0 Å². The predicted octanol–water partition coefficient (Wildman–Crippen LogP) is 4.88. The Balaban J connectivity index is 2.04. The van der Waals surface area contributed by atoms with Crippen LogP contribution in [0.3, 0.4) is 0 Å². The molecule has 2 nitrogen and oxygen atoms in total. The number of ether oxygens (including phenoxy) is 1. The van der Waals surface area contributed by atoms with Crippen LogP contribution in [-0.4, -0.2) is 12.1 Å². The number of carbonyl (C=O) groups excluding carboxylic acids is 1. The molecule has 3 unspecified atom stereocenters. The number of allylic oxidation sites excluding steroid dienone is 1. The van der Waals surface area contributed by atoms with Crippen molar-refractivity contribution in [2.45, 2.75) is 78.7 Å². The lowest BCUT2D eigenvalue weighted by Crippen LogP contribution is -2.38. The summed E-state index contributed by atoms with van der Waals surface area (Å²) in [6.45, 7) is 8.18. The average molecular weight is 278 g/mol. The topological polar surface area (TPSA) is 26.3 Å². The first-order chi connectivity index (χ1) is 9.50. The number of rotatable bonds is 3. The standard InChI is InChI=1S/C18H30O2/c1-12(2)17(13(3)4)18(19)20-16-11-7-9-14-8-5-6-10-15(14)16/h12,14-16H,5-11H2,1-4H3. The number of hydrogen-bond donors (Lipinski definition) is 0. The van der Waals surface area contributed by atoms with E-state index in [1.54, 1.807) is 0 Å². The van der Waals surface area contributed by atoms with Crippen LogP contribution in [0.15, 0.2) is 11.1 Å². The fourth-order valence-corrected chi connectivity index (χ4v) is 4.24. The van der Waals surface area contributed by atoms with E-state index in [0.717, 1.165) is 23.5 Å². The molecule has 0 aromatic rings. The molecule has 0 heterocycles. The van der Waals surface area contributed by atoms with Gasteiger partial charge in [0.15, 0.2) is 0 Å². The summed E-state index contributed by atoms with van der Waals surface area (Å²) < 4.78 is 5.95. The molecule has 0 N–H and O–H groups in total. The van der Waals surface area contributed by atoms with Gasteiger partial charge in [-0.15, -0.1) is 0 Å². The molecule has 2 heteroatoms. The lowest BCUT2D eigenvalue weighted by molar-refractivity contribution is -0.152. The van der Waals surface area contributed by atoms with Crippen molar-refractivity contribution in [3.63, 3.8) is 0 Å². The Kier molecular flexibility index (Phi) is 5.29. The average Bonchev–Trinajstić information content (AvgIpc) is 2.38. The van der Waals surface area contributed by atoms with E-state index in [1.165, 1.54) is 38.5 Å². The smallest absolute Gasteiger partial charge is 0.334 e. The zero-order chi connectivity index (χ0) is 14.7. The van der Waals surface area contributed by atoms with Crippen molar-refractivity contribution in [2.24, 2.45) is 17.8 Å². The Bertz CT molecular complexity index is 375. The second kappa shape index (κ2) is 6.78. The van der Waals surface area contributed by atoms with E-state index >= 15 is 0 Å². The molecule has 0 spiro atoms. The van der Waals surface area contributed by atoms with Crippen LogP contribution < -0.4 is 0 Å². The minimum Gasteiger partial charge on any atom is -0.459 e. The van der Waals surface area contributed by atoms with Crippen molar-refractivity contribution in [3.8, 4) is 0 Å². The molecular weight excluding hydrogens is 248 g/mol. The molecule has 0 aromatic carbocycles. The summed E-state index contributed by atoms with van der Waals surface area (Å²) in [5.74, 6) is 1.63. The van der Waals surface area contributed by atoms with Crippen LogP contribution in [0.4, 0.5) is 0 Å². The maximum atomic E-state index is 12.5. The van der Waals surface area contributed by atoms with E-state index in [-0.39, 0.29) is 18.0 Å². The summed E-state index contributed by atoms with van der Waals surface area (Å²) in [5, 5.41) is 0. The molecular formula is C18H30O2. The van der Waals surface area contributed by atoms with E-state index in [0.29, 0.717) is 5.92 Å². The molecule has 0 bridgehead atoms. The highest BCUT2D eigenvalue weighted by atomic mass is 16.5. The van der Waals surface area contributed by atoms with Gasteiger partial charge in [-0.25, -0.2) is 4.79 Å². The third-order valence-corrected chi connectivity index (χ3v) is 5.10. The van der Waals surface area contributed by atoms with Gasteiger partial charge in [0.05, 0.1) is 0 Å². The summed E-state index contributed by atoms with van der Waals surface area (Å²) in [5.41, 5.74) is 1.98. The highest BCUT2D eigenvalue weighted by Gasteiger charge is 2.37. The first-order valence-electron chi connectivity index (χ1n) is 8.39. The maximum Gasteiger partial charge on any atom is 0.334 e. The monoisotopic (exact) mass is 278 g/mol. The Morgan fingerprint density at radius 3 is 2.30 bits per heavy atom. The van der Waals surface area contributed by atoms with Gasteiger partial charge in [0.2, 0.25) is 0 Å². The van der Waals surface area contributed by atoms with Gasteiger partial charge >= 0.3 is 5.97 Å². The molecule has 2 aliphatic rings. The summed E-state index contributed by atoms with van der Waals surface area (Å²) >= 11 is 0. The molecule has 0 saturated heterocycles. The molecule has 0 radical (unpaired) electrons. The van der Waals surface area contributed by atoms with Crippen LogP contribution >= 0.6 is 0 Å². The molecule has 0 aromatic heterocycles. The molecule has 114 valence electrons. The maximum absolute atomic E-state index is 12.5. The van der Waals surface area contributed by atoms with Gasteiger partial charge in [-0.05, 0) is 57.3 Å². The van der Waals surface area contributed by atoms with Crippen LogP contribution in [0.5, 0.6) is 0 Å². The van der Waals surface area contributed by atoms with Crippen molar-refractivity contribution >= 4 is 5.97 Å². The van der Waals surface area contributed by atoms with Crippen LogP contribution in [0.2, 0.25) is 0 Å². The minimum atomic E-state index is -0.0591. The predicted molar refractivity (Wildman–Crippen MR) is 82.4 cm³/mol. The van der Waals surface area contributed by atoms with Crippen LogP contribution in [-0.2, 0) is 9.53 Å². The second-order valence-electron chi connectivity index (χ2n) is 7.15. The molecule has 20 heavy (non-hydrogen) atoms. The fraction of sp³-hybridized carbons (Fsp3) is 0.833. The summed E-state index contributed by atoms with van der Waals surface area (Å²) in [6, 6.07) is 0. The van der Waals surface area contributed by atoms with Crippen LogP contribution in [0.1, 0.15) is 72.6 Å². The van der Waals surface area contributed by atoms with Crippen molar-refractivity contribution < 1.29 is 9.53 Å². The van der Waals surface area contributed by atoms with Gasteiger partial charge in [0.1, 0.15) is 6.10 Å². The molecule has 0 amide bonds. The van der Waals surface area contributed by atoms with Gasteiger partial charge in [-0.3, -0.25) is 0 Å². The first kappa shape index (κ1) is 15.6. The van der Waals surface area contributed by atoms with Crippen molar-refractivity contribution in [2.75, 3.05) is 0 Å². The number of hydrogen-bond acceptors (Lipinski definition) is 2. The molecule has 2 rings (SSSR count). The van der Waals surface area contributed by atoms with Crippen LogP contribution in [0.25, 0.3) is 0 Å². The Morgan fingerprint density at radius 2 is 1.65 bits per heavy atom. The lowest BCUT2D eigenvalue weighted by atomic mass is 9.69. The van der Waals surface area contributed by atoms with Gasteiger partial charge in [-0.1, -0.05) is 38.7 Å². The third kappa shape index (κ3) is 3.45. The summed E-state index contributed by atoms with van der Waals surface area (Å²) in [7, 11) is 0.